The summed E-state index contributed by atoms with van der Waals surface area (Å²) in [5.41, 5.74) is -1.13. The number of morpholine rings is 1. The van der Waals surface area contributed by atoms with Crippen LogP contribution >= 0.6 is 0 Å². The van der Waals surface area contributed by atoms with Crippen molar-refractivity contribution >= 4 is 18.0 Å². The van der Waals surface area contributed by atoms with Gasteiger partial charge in [-0.25, -0.2) is 9.59 Å². The van der Waals surface area contributed by atoms with Crippen molar-refractivity contribution in [3.05, 3.63) is 0 Å². The minimum absolute atomic E-state index is 0.293. The number of carbonyl (C=O) groups excluding carboxylic acids is 1. The highest BCUT2D eigenvalue weighted by molar-refractivity contribution is 5.86. The zero-order valence-electron chi connectivity index (χ0n) is 12.7. The fourth-order valence-corrected chi connectivity index (χ4v) is 2.55. The van der Waals surface area contributed by atoms with Gasteiger partial charge < -0.3 is 25.2 Å². The number of aliphatic carboxylic acids is 2. The Labute approximate surface area is 123 Å². The van der Waals surface area contributed by atoms with Crippen LogP contribution in [0.2, 0.25) is 0 Å². The average molecular weight is 302 g/mol. The number of carboxylic acid groups (broad SMARTS) is 2. The summed E-state index contributed by atoms with van der Waals surface area (Å²) in [6, 6.07) is -2.06. The van der Waals surface area contributed by atoms with Crippen LogP contribution in [-0.2, 0) is 14.3 Å². The number of carboxylic acids is 2. The molecular weight excluding hydrogens is 280 g/mol. The second-order valence-electron chi connectivity index (χ2n) is 6.42. The molecule has 1 aliphatic heterocycles. The SMILES string of the molecule is CC1(C)CN(C(=O)NC(CC(=O)O)C(=O)O)CC(C)(C)O1. The van der Waals surface area contributed by atoms with Crippen LogP contribution in [0.15, 0.2) is 0 Å². The van der Waals surface area contributed by atoms with Crippen molar-refractivity contribution < 1.29 is 29.3 Å². The predicted octanol–water partition coefficient (Wildman–Crippen LogP) is 0.513. The molecule has 120 valence electrons. The zero-order chi connectivity index (χ0) is 16.4. The van der Waals surface area contributed by atoms with Crippen molar-refractivity contribution in [1.29, 1.82) is 0 Å². The van der Waals surface area contributed by atoms with E-state index in [1.165, 1.54) is 4.90 Å². The van der Waals surface area contributed by atoms with E-state index in [2.05, 4.69) is 5.32 Å². The zero-order valence-corrected chi connectivity index (χ0v) is 12.7. The number of nitrogens with zero attached hydrogens (tertiary/aromatic N) is 1. The molecule has 2 amide bonds. The molecule has 0 aromatic heterocycles. The van der Waals surface area contributed by atoms with Gasteiger partial charge in [0.15, 0.2) is 0 Å². The predicted molar refractivity (Wildman–Crippen MR) is 73.0 cm³/mol. The second-order valence-corrected chi connectivity index (χ2v) is 6.42. The maximum Gasteiger partial charge on any atom is 0.326 e. The number of carbonyl (C=O) groups is 3. The first-order valence-electron chi connectivity index (χ1n) is 6.62. The highest BCUT2D eigenvalue weighted by Gasteiger charge is 2.40. The van der Waals surface area contributed by atoms with Gasteiger partial charge in [-0.1, -0.05) is 0 Å². The van der Waals surface area contributed by atoms with E-state index in [1.807, 2.05) is 27.7 Å². The lowest BCUT2D eigenvalue weighted by Gasteiger charge is -2.47. The Morgan fingerprint density at radius 2 is 1.62 bits per heavy atom. The standard InChI is InChI=1S/C13H22N2O6/c1-12(2)6-15(7-13(3,4)21-12)11(20)14-8(10(18)19)5-9(16)17/h8H,5-7H2,1-4H3,(H,14,20)(H,16,17)(H,18,19). The summed E-state index contributed by atoms with van der Waals surface area (Å²) in [6.45, 7) is 7.92. The largest absolute Gasteiger partial charge is 0.481 e. The number of nitrogens with one attached hydrogen (secondary N) is 1. The Hall–Kier alpha value is -1.83. The molecule has 0 spiro atoms. The van der Waals surface area contributed by atoms with E-state index < -0.39 is 41.6 Å². The number of amides is 2. The molecule has 1 unspecified atom stereocenters. The first-order valence-corrected chi connectivity index (χ1v) is 6.62. The number of urea groups is 1. The Kier molecular flexibility index (Phi) is 4.83. The van der Waals surface area contributed by atoms with Gasteiger partial charge in [-0.15, -0.1) is 0 Å². The Bertz CT molecular complexity index is 430. The van der Waals surface area contributed by atoms with Crippen molar-refractivity contribution in [3.8, 4) is 0 Å². The molecule has 8 heteroatoms. The summed E-state index contributed by atoms with van der Waals surface area (Å²) in [6.07, 6.45) is -0.668. The molecule has 21 heavy (non-hydrogen) atoms. The minimum Gasteiger partial charge on any atom is -0.481 e. The van der Waals surface area contributed by atoms with E-state index in [-0.39, 0.29) is 0 Å². The topological polar surface area (TPSA) is 116 Å². The average Bonchev–Trinajstić information content (AvgIpc) is 2.22. The molecule has 0 bridgehead atoms. The van der Waals surface area contributed by atoms with Crippen LogP contribution in [0.3, 0.4) is 0 Å². The van der Waals surface area contributed by atoms with Gasteiger partial charge in [0.1, 0.15) is 6.04 Å². The summed E-state index contributed by atoms with van der Waals surface area (Å²) >= 11 is 0. The van der Waals surface area contributed by atoms with Crippen LogP contribution in [0.4, 0.5) is 4.79 Å². The summed E-state index contributed by atoms with van der Waals surface area (Å²) in [5.74, 6) is -2.66. The molecule has 8 nitrogen and oxygen atoms in total. The third kappa shape index (κ3) is 5.22. The lowest BCUT2D eigenvalue weighted by molar-refractivity contribution is -0.170. The minimum atomic E-state index is -1.45. The van der Waals surface area contributed by atoms with Crippen molar-refractivity contribution in [2.45, 2.75) is 51.4 Å². The number of ether oxygens (including phenoxy) is 1. The summed E-state index contributed by atoms with van der Waals surface area (Å²) < 4.78 is 5.83. The molecule has 3 N–H and O–H groups in total. The molecule has 1 atom stereocenters. The van der Waals surface area contributed by atoms with E-state index in [1.54, 1.807) is 0 Å². The smallest absolute Gasteiger partial charge is 0.326 e. The van der Waals surface area contributed by atoms with Gasteiger partial charge in [0.2, 0.25) is 0 Å². The van der Waals surface area contributed by atoms with E-state index in [0.717, 1.165) is 0 Å². The first-order chi connectivity index (χ1) is 9.42. The van der Waals surface area contributed by atoms with E-state index in [4.69, 9.17) is 14.9 Å². The maximum atomic E-state index is 12.2. The quantitative estimate of drug-likeness (QED) is 0.697. The van der Waals surface area contributed by atoms with Crippen LogP contribution in [0, 0.1) is 0 Å². The Morgan fingerprint density at radius 1 is 1.14 bits per heavy atom. The van der Waals surface area contributed by atoms with Crippen LogP contribution in [0.5, 0.6) is 0 Å². The molecule has 0 radical (unpaired) electrons. The summed E-state index contributed by atoms with van der Waals surface area (Å²) in [7, 11) is 0. The Balaban J connectivity index is 2.77. The fourth-order valence-electron chi connectivity index (χ4n) is 2.55. The number of rotatable bonds is 4. The van der Waals surface area contributed by atoms with Gasteiger partial charge in [0, 0.05) is 0 Å². The molecule has 0 aromatic carbocycles. The van der Waals surface area contributed by atoms with Crippen LogP contribution in [-0.4, -0.2) is 63.4 Å². The third-order valence-corrected chi connectivity index (χ3v) is 2.96. The highest BCUT2D eigenvalue weighted by Crippen LogP contribution is 2.27. The van der Waals surface area contributed by atoms with Gasteiger partial charge in [-0.2, -0.15) is 0 Å². The molecular formula is C13H22N2O6. The second kappa shape index (κ2) is 5.88. The van der Waals surface area contributed by atoms with Gasteiger partial charge in [-0.05, 0) is 27.7 Å². The van der Waals surface area contributed by atoms with E-state index in [9.17, 15) is 14.4 Å². The van der Waals surface area contributed by atoms with Crippen LogP contribution < -0.4 is 5.32 Å². The molecule has 1 aliphatic rings. The normalized spacial score (nSPS) is 21.4. The highest BCUT2D eigenvalue weighted by atomic mass is 16.5. The van der Waals surface area contributed by atoms with Crippen molar-refractivity contribution in [3.63, 3.8) is 0 Å². The maximum absolute atomic E-state index is 12.2. The molecule has 1 saturated heterocycles. The van der Waals surface area contributed by atoms with Gasteiger partial charge in [-0.3, -0.25) is 4.79 Å². The summed E-state index contributed by atoms with van der Waals surface area (Å²) in [5, 5.41) is 19.9. The molecule has 1 heterocycles. The van der Waals surface area contributed by atoms with Crippen LogP contribution in [0.25, 0.3) is 0 Å². The first kappa shape index (κ1) is 17.2. The fraction of sp³-hybridized carbons (Fsp3) is 0.769. The van der Waals surface area contributed by atoms with E-state index in [0.29, 0.717) is 13.1 Å². The lowest BCUT2D eigenvalue weighted by Crippen LogP contribution is -2.61. The molecule has 0 aliphatic carbocycles. The number of hydrogen-bond acceptors (Lipinski definition) is 4. The van der Waals surface area contributed by atoms with Crippen molar-refractivity contribution in [1.82, 2.24) is 10.2 Å². The van der Waals surface area contributed by atoms with Crippen molar-refractivity contribution in [2.24, 2.45) is 0 Å². The third-order valence-electron chi connectivity index (χ3n) is 2.96. The number of hydrogen-bond donors (Lipinski definition) is 3. The van der Waals surface area contributed by atoms with E-state index >= 15 is 0 Å². The molecule has 1 fully saturated rings. The van der Waals surface area contributed by atoms with Gasteiger partial charge >= 0.3 is 18.0 Å². The molecule has 0 aromatic rings. The summed E-state index contributed by atoms with van der Waals surface area (Å²) in [4.78, 5) is 35.2. The van der Waals surface area contributed by atoms with Gasteiger partial charge in [0.25, 0.3) is 0 Å². The molecule has 1 rings (SSSR count). The monoisotopic (exact) mass is 302 g/mol. The Morgan fingerprint density at radius 3 is 2.00 bits per heavy atom. The van der Waals surface area contributed by atoms with Crippen LogP contribution in [0.1, 0.15) is 34.1 Å². The van der Waals surface area contributed by atoms with Crippen molar-refractivity contribution in [2.75, 3.05) is 13.1 Å². The lowest BCUT2D eigenvalue weighted by atomic mass is 9.99. The van der Waals surface area contributed by atoms with Gasteiger partial charge in [0.05, 0.1) is 30.7 Å². The molecule has 0 saturated carbocycles.